The van der Waals surface area contributed by atoms with Gasteiger partial charge in [0.25, 0.3) is 0 Å². The molecule has 0 aromatic carbocycles. The van der Waals surface area contributed by atoms with E-state index in [9.17, 15) is 9.59 Å². The van der Waals surface area contributed by atoms with Gasteiger partial charge in [-0.2, -0.15) is 0 Å². The highest BCUT2D eigenvalue weighted by Gasteiger charge is 2.31. The predicted octanol–water partition coefficient (Wildman–Crippen LogP) is 2.88. The maximum Gasteiger partial charge on any atom is 0.408 e. The first kappa shape index (κ1) is 16.3. The molecule has 1 amide bonds. The molecule has 1 rings (SSSR count). The Kier molecular flexibility index (Phi) is 4.63. The Balaban J connectivity index is 2.73. The SMILES string of the molecule is CC(C(=O)O)C1=CC=C[C@@](C)(NC(=O)OC(C)(C)C)C1. The fourth-order valence-electron chi connectivity index (χ4n) is 2.00. The third kappa shape index (κ3) is 4.72. The summed E-state index contributed by atoms with van der Waals surface area (Å²) in [4.78, 5) is 22.9. The topological polar surface area (TPSA) is 75.6 Å². The summed E-state index contributed by atoms with van der Waals surface area (Å²) in [5.74, 6) is -1.44. The smallest absolute Gasteiger partial charge is 0.408 e. The van der Waals surface area contributed by atoms with Crippen LogP contribution < -0.4 is 5.32 Å². The number of amides is 1. The summed E-state index contributed by atoms with van der Waals surface area (Å²) in [6.07, 6.45) is 5.35. The van der Waals surface area contributed by atoms with Crippen LogP contribution in [0.4, 0.5) is 4.79 Å². The molecule has 112 valence electrons. The van der Waals surface area contributed by atoms with Crippen LogP contribution in [-0.4, -0.2) is 28.3 Å². The fourth-order valence-corrected chi connectivity index (χ4v) is 2.00. The molecule has 0 aromatic heterocycles. The van der Waals surface area contributed by atoms with E-state index in [0.717, 1.165) is 5.57 Å². The summed E-state index contributed by atoms with van der Waals surface area (Å²) >= 11 is 0. The second-order valence-corrected chi connectivity index (χ2v) is 6.38. The van der Waals surface area contributed by atoms with Crippen molar-refractivity contribution in [1.29, 1.82) is 0 Å². The van der Waals surface area contributed by atoms with Crippen LogP contribution in [0.2, 0.25) is 0 Å². The second-order valence-electron chi connectivity index (χ2n) is 6.38. The van der Waals surface area contributed by atoms with Crippen LogP contribution in [0.1, 0.15) is 41.0 Å². The average Bonchev–Trinajstić information content (AvgIpc) is 2.24. The molecule has 0 fully saturated rings. The van der Waals surface area contributed by atoms with Gasteiger partial charge in [0, 0.05) is 0 Å². The van der Waals surface area contributed by atoms with E-state index in [4.69, 9.17) is 9.84 Å². The van der Waals surface area contributed by atoms with Crippen LogP contribution in [0.15, 0.2) is 23.8 Å². The summed E-state index contributed by atoms with van der Waals surface area (Å²) in [6.45, 7) is 8.87. The van der Waals surface area contributed by atoms with Crippen LogP contribution in [0.3, 0.4) is 0 Å². The number of aliphatic carboxylic acids is 1. The van der Waals surface area contributed by atoms with Crippen molar-refractivity contribution in [3.63, 3.8) is 0 Å². The van der Waals surface area contributed by atoms with Gasteiger partial charge in [-0.25, -0.2) is 4.79 Å². The van der Waals surface area contributed by atoms with Gasteiger partial charge < -0.3 is 15.2 Å². The van der Waals surface area contributed by atoms with Gasteiger partial charge in [-0.15, -0.1) is 0 Å². The Labute approximate surface area is 119 Å². The van der Waals surface area contributed by atoms with Gasteiger partial charge in [0.15, 0.2) is 0 Å². The van der Waals surface area contributed by atoms with E-state index < -0.39 is 29.1 Å². The number of carbonyl (C=O) groups excluding carboxylic acids is 1. The van der Waals surface area contributed by atoms with E-state index in [0.29, 0.717) is 6.42 Å². The quantitative estimate of drug-likeness (QED) is 0.834. The van der Waals surface area contributed by atoms with Crippen LogP contribution in [0.5, 0.6) is 0 Å². The van der Waals surface area contributed by atoms with E-state index in [-0.39, 0.29) is 0 Å². The molecule has 2 atom stereocenters. The maximum atomic E-state index is 11.8. The summed E-state index contributed by atoms with van der Waals surface area (Å²) in [5.41, 5.74) is -0.416. The lowest BCUT2D eigenvalue weighted by Crippen LogP contribution is -2.48. The van der Waals surface area contributed by atoms with Gasteiger partial charge in [0.2, 0.25) is 0 Å². The molecule has 0 heterocycles. The largest absolute Gasteiger partial charge is 0.481 e. The molecule has 2 N–H and O–H groups in total. The van der Waals surface area contributed by atoms with Crippen molar-refractivity contribution in [3.8, 4) is 0 Å². The highest BCUT2D eigenvalue weighted by Crippen LogP contribution is 2.28. The number of carboxylic acids is 1. The number of rotatable bonds is 3. The Hall–Kier alpha value is -1.78. The maximum absolute atomic E-state index is 11.8. The standard InChI is InChI=1S/C15H23NO4/c1-10(12(17)18)11-7-6-8-15(5,9-11)16-13(19)20-14(2,3)4/h6-8,10H,9H2,1-5H3,(H,16,19)(H,17,18)/t10?,15-/m1/s1. The number of allylic oxidation sites excluding steroid dienone is 2. The van der Waals surface area contributed by atoms with Gasteiger partial charge in [-0.05, 0) is 41.0 Å². The lowest BCUT2D eigenvalue weighted by Gasteiger charge is -2.33. The molecule has 0 bridgehead atoms. The molecule has 0 radical (unpaired) electrons. The molecule has 0 aliphatic heterocycles. The normalized spacial score (nSPS) is 23.8. The Morgan fingerprint density at radius 1 is 1.45 bits per heavy atom. The average molecular weight is 281 g/mol. The van der Waals surface area contributed by atoms with Crippen molar-refractivity contribution in [2.45, 2.75) is 52.2 Å². The van der Waals surface area contributed by atoms with E-state index in [1.54, 1.807) is 39.8 Å². The lowest BCUT2D eigenvalue weighted by molar-refractivity contribution is -0.139. The van der Waals surface area contributed by atoms with Gasteiger partial charge in [0.05, 0.1) is 11.5 Å². The highest BCUT2D eigenvalue weighted by atomic mass is 16.6. The Morgan fingerprint density at radius 3 is 2.55 bits per heavy atom. The van der Waals surface area contributed by atoms with Crippen LogP contribution in [-0.2, 0) is 9.53 Å². The number of nitrogens with one attached hydrogen (secondary N) is 1. The van der Waals surface area contributed by atoms with Crippen molar-refractivity contribution in [1.82, 2.24) is 5.32 Å². The van der Waals surface area contributed by atoms with Crippen molar-refractivity contribution in [2.75, 3.05) is 0 Å². The molecule has 0 saturated heterocycles. The molecule has 20 heavy (non-hydrogen) atoms. The first-order valence-corrected chi connectivity index (χ1v) is 6.65. The minimum Gasteiger partial charge on any atom is -0.481 e. The molecule has 0 spiro atoms. The minimum absolute atomic E-state index is 0.455. The molecule has 1 aliphatic rings. The van der Waals surface area contributed by atoms with Crippen molar-refractivity contribution in [2.24, 2.45) is 5.92 Å². The van der Waals surface area contributed by atoms with Gasteiger partial charge in [0.1, 0.15) is 5.60 Å². The van der Waals surface area contributed by atoms with Crippen molar-refractivity contribution < 1.29 is 19.4 Å². The van der Waals surface area contributed by atoms with Crippen molar-refractivity contribution >= 4 is 12.1 Å². The van der Waals surface area contributed by atoms with Gasteiger partial charge >= 0.3 is 12.1 Å². The number of carboxylic acid groups (broad SMARTS) is 1. The summed E-state index contributed by atoms with van der Waals surface area (Å²) in [5, 5.41) is 11.9. The Morgan fingerprint density at radius 2 is 2.05 bits per heavy atom. The molecular weight excluding hydrogens is 258 g/mol. The molecular formula is C15H23NO4. The van der Waals surface area contributed by atoms with Crippen molar-refractivity contribution in [3.05, 3.63) is 23.8 Å². The first-order valence-electron chi connectivity index (χ1n) is 6.65. The number of alkyl carbamates (subject to hydrolysis) is 1. The monoisotopic (exact) mass is 281 g/mol. The van der Waals surface area contributed by atoms with E-state index >= 15 is 0 Å². The third-order valence-electron chi connectivity index (χ3n) is 3.06. The van der Waals surface area contributed by atoms with Crippen LogP contribution in [0.25, 0.3) is 0 Å². The number of hydrogen-bond acceptors (Lipinski definition) is 3. The van der Waals surface area contributed by atoms with Crippen LogP contribution in [0, 0.1) is 5.92 Å². The molecule has 0 aromatic rings. The Bertz CT molecular complexity index is 459. The molecule has 0 saturated carbocycles. The van der Waals surface area contributed by atoms with E-state index in [1.165, 1.54) is 0 Å². The number of ether oxygens (including phenoxy) is 1. The van der Waals surface area contributed by atoms with E-state index in [1.807, 2.05) is 13.0 Å². The summed E-state index contributed by atoms with van der Waals surface area (Å²) < 4.78 is 5.23. The summed E-state index contributed by atoms with van der Waals surface area (Å²) in [7, 11) is 0. The first-order chi connectivity index (χ1) is 9.02. The fraction of sp³-hybridized carbons (Fsp3) is 0.600. The number of hydrogen-bond donors (Lipinski definition) is 2. The molecule has 1 aliphatic carbocycles. The lowest BCUT2D eigenvalue weighted by atomic mass is 9.83. The highest BCUT2D eigenvalue weighted by molar-refractivity contribution is 5.74. The zero-order chi connectivity index (χ0) is 15.6. The van der Waals surface area contributed by atoms with Gasteiger partial charge in [-0.3, -0.25) is 4.79 Å². The zero-order valence-electron chi connectivity index (χ0n) is 12.7. The van der Waals surface area contributed by atoms with E-state index in [2.05, 4.69) is 5.32 Å². The minimum atomic E-state index is -0.869. The predicted molar refractivity (Wildman–Crippen MR) is 76.4 cm³/mol. The van der Waals surface area contributed by atoms with Crippen LogP contribution >= 0.6 is 0 Å². The number of carbonyl (C=O) groups is 2. The van der Waals surface area contributed by atoms with Gasteiger partial charge in [-0.1, -0.05) is 23.8 Å². The third-order valence-corrected chi connectivity index (χ3v) is 3.06. The zero-order valence-corrected chi connectivity index (χ0v) is 12.7. The molecule has 5 heteroatoms. The molecule has 5 nitrogen and oxygen atoms in total. The summed E-state index contributed by atoms with van der Waals surface area (Å²) in [6, 6.07) is 0. The second kappa shape index (κ2) is 5.69. The molecule has 1 unspecified atom stereocenters.